The molecule has 9 nitrogen and oxygen atoms in total. The molecule has 0 radical (unpaired) electrons. The first-order chi connectivity index (χ1) is 12.6. The second-order valence-corrected chi connectivity index (χ2v) is 7.48. The highest BCUT2D eigenvalue weighted by Crippen LogP contribution is 2.40. The van der Waals surface area contributed by atoms with Crippen LogP contribution in [0, 0.1) is 5.92 Å². The second kappa shape index (κ2) is 6.69. The molecule has 0 aliphatic carbocycles. The molecule has 0 bridgehead atoms. The first kappa shape index (κ1) is 17.0. The van der Waals surface area contributed by atoms with Crippen molar-refractivity contribution in [2.45, 2.75) is 44.1 Å². The molecular weight excluding hydrogens is 336 g/mol. The van der Waals surface area contributed by atoms with Crippen molar-refractivity contribution in [3.63, 3.8) is 0 Å². The number of piperidine rings is 2. The molecule has 4 heterocycles. The van der Waals surface area contributed by atoms with Gasteiger partial charge < -0.3 is 15.1 Å². The highest BCUT2D eigenvalue weighted by Gasteiger charge is 2.47. The zero-order chi connectivity index (χ0) is 18.1. The highest BCUT2D eigenvalue weighted by atomic mass is 16.2. The second-order valence-electron chi connectivity index (χ2n) is 7.48. The summed E-state index contributed by atoms with van der Waals surface area (Å²) < 4.78 is 0. The highest BCUT2D eigenvalue weighted by molar-refractivity contribution is 5.90. The predicted molar refractivity (Wildman–Crippen MR) is 90.9 cm³/mol. The van der Waals surface area contributed by atoms with Gasteiger partial charge in [0.2, 0.25) is 17.6 Å². The number of aromatic amines is 1. The van der Waals surface area contributed by atoms with Crippen molar-refractivity contribution in [2.24, 2.45) is 5.92 Å². The Morgan fingerprint density at radius 2 is 2.00 bits per heavy atom. The number of carbonyl (C=O) groups is 3. The van der Waals surface area contributed by atoms with E-state index in [0.717, 1.165) is 32.2 Å². The normalized spacial score (nSPS) is 25.4. The zero-order valence-corrected chi connectivity index (χ0v) is 14.7. The van der Waals surface area contributed by atoms with Crippen molar-refractivity contribution in [3.05, 3.63) is 12.2 Å². The maximum Gasteiger partial charge on any atom is 0.291 e. The SMILES string of the molecule is O=C1C[C@H](C(=O)N2CCCC23CCN(C(=O)c2ncn[nH]2)CC3)CCN1. The standard InChI is InChI=1S/C17H24N6O3/c24-13-10-12(2-6-18-13)15(25)23-7-1-3-17(23)4-8-22(9-5-17)16(26)14-19-11-20-21-14/h11-12H,1-10H2,(H,18,24)(H,19,20,21)/t12-/m1/s1. The summed E-state index contributed by atoms with van der Waals surface area (Å²) in [5, 5.41) is 9.14. The largest absolute Gasteiger partial charge is 0.356 e. The molecule has 3 fully saturated rings. The quantitative estimate of drug-likeness (QED) is 0.767. The molecule has 3 aliphatic rings. The van der Waals surface area contributed by atoms with Crippen LogP contribution in [0.25, 0.3) is 0 Å². The molecule has 26 heavy (non-hydrogen) atoms. The van der Waals surface area contributed by atoms with Crippen LogP contribution in [0.4, 0.5) is 0 Å². The Hall–Kier alpha value is -2.45. The molecule has 9 heteroatoms. The predicted octanol–water partition coefficient (Wildman–Crippen LogP) is -0.0719. The number of likely N-dealkylation sites (tertiary alicyclic amines) is 2. The summed E-state index contributed by atoms with van der Waals surface area (Å²) in [4.78, 5) is 44.9. The topological polar surface area (TPSA) is 111 Å². The summed E-state index contributed by atoms with van der Waals surface area (Å²) in [5.74, 6) is 0.000888. The number of hydrogen-bond acceptors (Lipinski definition) is 5. The summed E-state index contributed by atoms with van der Waals surface area (Å²) in [6.45, 7) is 2.55. The van der Waals surface area contributed by atoms with Crippen LogP contribution < -0.4 is 5.32 Å². The van der Waals surface area contributed by atoms with Gasteiger partial charge >= 0.3 is 0 Å². The number of aromatic nitrogens is 3. The maximum absolute atomic E-state index is 13.1. The van der Waals surface area contributed by atoms with E-state index in [2.05, 4.69) is 20.5 Å². The summed E-state index contributed by atoms with van der Waals surface area (Å²) >= 11 is 0. The molecule has 0 unspecified atom stereocenters. The van der Waals surface area contributed by atoms with Gasteiger partial charge in [-0.3, -0.25) is 19.5 Å². The maximum atomic E-state index is 13.1. The third-order valence-corrected chi connectivity index (χ3v) is 6.06. The van der Waals surface area contributed by atoms with Gasteiger partial charge in [0.05, 0.1) is 0 Å². The molecule has 0 aromatic carbocycles. The zero-order valence-electron chi connectivity index (χ0n) is 14.7. The van der Waals surface area contributed by atoms with Gasteiger partial charge in [0, 0.05) is 44.1 Å². The van der Waals surface area contributed by atoms with Crippen LogP contribution in [0.3, 0.4) is 0 Å². The molecule has 1 spiro atoms. The van der Waals surface area contributed by atoms with Gasteiger partial charge in [-0.25, -0.2) is 4.98 Å². The average Bonchev–Trinajstić information content (AvgIpc) is 3.32. The fourth-order valence-corrected chi connectivity index (χ4v) is 4.60. The van der Waals surface area contributed by atoms with E-state index >= 15 is 0 Å². The Labute approximate surface area is 151 Å². The third kappa shape index (κ3) is 2.95. The lowest BCUT2D eigenvalue weighted by atomic mass is 9.83. The van der Waals surface area contributed by atoms with Gasteiger partial charge in [-0.05, 0) is 32.1 Å². The van der Waals surface area contributed by atoms with E-state index in [1.54, 1.807) is 4.90 Å². The Morgan fingerprint density at radius 1 is 1.19 bits per heavy atom. The molecule has 1 aromatic rings. The van der Waals surface area contributed by atoms with Gasteiger partial charge in [0.1, 0.15) is 6.33 Å². The molecule has 3 amide bonds. The Kier molecular flexibility index (Phi) is 4.37. The molecule has 1 aromatic heterocycles. The number of H-pyrrole nitrogens is 1. The minimum atomic E-state index is -0.201. The van der Waals surface area contributed by atoms with Crippen LogP contribution in [-0.4, -0.2) is 74.4 Å². The van der Waals surface area contributed by atoms with Crippen LogP contribution in [0.2, 0.25) is 0 Å². The Morgan fingerprint density at radius 3 is 2.69 bits per heavy atom. The van der Waals surface area contributed by atoms with Crippen LogP contribution >= 0.6 is 0 Å². The molecule has 3 aliphatic heterocycles. The summed E-state index contributed by atoms with van der Waals surface area (Å²) in [6.07, 6.45) is 5.85. The molecule has 3 saturated heterocycles. The summed E-state index contributed by atoms with van der Waals surface area (Å²) in [6, 6.07) is 0. The van der Waals surface area contributed by atoms with Gasteiger partial charge in [-0.1, -0.05) is 0 Å². The summed E-state index contributed by atoms with van der Waals surface area (Å²) in [5.41, 5.74) is -0.163. The monoisotopic (exact) mass is 360 g/mol. The minimum absolute atomic E-state index is 0.0321. The van der Waals surface area contributed by atoms with E-state index in [9.17, 15) is 14.4 Å². The third-order valence-electron chi connectivity index (χ3n) is 6.06. The molecule has 1 atom stereocenters. The first-order valence-electron chi connectivity index (χ1n) is 9.32. The average molecular weight is 360 g/mol. The van der Waals surface area contributed by atoms with Crippen LogP contribution in [0.5, 0.6) is 0 Å². The molecule has 4 rings (SSSR count). The van der Waals surface area contributed by atoms with Crippen molar-refractivity contribution >= 4 is 17.7 Å². The van der Waals surface area contributed by atoms with Crippen LogP contribution in [0.1, 0.15) is 49.1 Å². The number of amides is 3. The molecule has 0 saturated carbocycles. The number of carbonyl (C=O) groups excluding carboxylic acids is 3. The van der Waals surface area contributed by atoms with Crippen molar-refractivity contribution in [1.29, 1.82) is 0 Å². The van der Waals surface area contributed by atoms with E-state index in [1.165, 1.54) is 6.33 Å². The smallest absolute Gasteiger partial charge is 0.291 e. The van der Waals surface area contributed by atoms with Crippen molar-refractivity contribution < 1.29 is 14.4 Å². The number of hydrogen-bond donors (Lipinski definition) is 2. The van der Waals surface area contributed by atoms with Gasteiger partial charge in [0.25, 0.3) is 5.91 Å². The van der Waals surface area contributed by atoms with E-state index in [4.69, 9.17) is 0 Å². The number of nitrogens with one attached hydrogen (secondary N) is 2. The molecule has 140 valence electrons. The van der Waals surface area contributed by atoms with Gasteiger partial charge in [-0.2, -0.15) is 5.10 Å². The van der Waals surface area contributed by atoms with E-state index < -0.39 is 0 Å². The lowest BCUT2D eigenvalue weighted by molar-refractivity contribution is -0.145. The fraction of sp³-hybridized carbons (Fsp3) is 0.706. The lowest BCUT2D eigenvalue weighted by Gasteiger charge is -2.46. The van der Waals surface area contributed by atoms with E-state index in [0.29, 0.717) is 32.5 Å². The number of nitrogens with zero attached hydrogens (tertiary/aromatic N) is 4. The van der Waals surface area contributed by atoms with Gasteiger partial charge in [0.15, 0.2) is 0 Å². The number of rotatable bonds is 2. The molecule has 2 N–H and O–H groups in total. The first-order valence-corrected chi connectivity index (χ1v) is 9.32. The summed E-state index contributed by atoms with van der Waals surface area (Å²) in [7, 11) is 0. The van der Waals surface area contributed by atoms with Crippen LogP contribution in [0.15, 0.2) is 6.33 Å². The van der Waals surface area contributed by atoms with Crippen molar-refractivity contribution in [3.8, 4) is 0 Å². The Bertz CT molecular complexity index is 695. The van der Waals surface area contributed by atoms with Gasteiger partial charge in [-0.15, -0.1) is 0 Å². The molecular formula is C17H24N6O3. The lowest BCUT2D eigenvalue weighted by Crippen LogP contribution is -2.57. The fourth-order valence-electron chi connectivity index (χ4n) is 4.60. The van der Waals surface area contributed by atoms with Crippen molar-refractivity contribution in [2.75, 3.05) is 26.2 Å². The van der Waals surface area contributed by atoms with Crippen molar-refractivity contribution in [1.82, 2.24) is 30.3 Å². The minimum Gasteiger partial charge on any atom is -0.356 e. The Balaban J connectivity index is 1.42. The van der Waals surface area contributed by atoms with E-state index in [1.807, 2.05) is 4.90 Å². The van der Waals surface area contributed by atoms with E-state index in [-0.39, 0.29) is 35.0 Å². The van der Waals surface area contributed by atoms with Crippen LogP contribution in [-0.2, 0) is 9.59 Å².